The zero-order valence-corrected chi connectivity index (χ0v) is 21.2. The number of hydrogen-bond acceptors (Lipinski definition) is 0. The molecule has 0 aliphatic heterocycles. The number of rotatable bonds is 2. The molecule has 0 radical (unpaired) electrons. The molecule has 0 fully saturated rings. The summed E-state index contributed by atoms with van der Waals surface area (Å²) in [5.74, 6) is 0.679. The van der Waals surface area contributed by atoms with Crippen LogP contribution in [0.5, 0.6) is 0 Å². The first-order chi connectivity index (χ1) is 18.8. The highest BCUT2D eigenvalue weighted by molar-refractivity contribution is 6.25. The number of benzene rings is 7. The van der Waals surface area contributed by atoms with Gasteiger partial charge in [0.25, 0.3) is 0 Å². The van der Waals surface area contributed by atoms with Crippen molar-refractivity contribution in [3.63, 3.8) is 0 Å². The van der Waals surface area contributed by atoms with Gasteiger partial charge in [-0.2, -0.15) is 0 Å². The quantitative estimate of drug-likeness (QED) is 0.216. The molecule has 0 spiro atoms. The van der Waals surface area contributed by atoms with Crippen molar-refractivity contribution >= 4 is 55.2 Å². The number of hydrogen-bond donors (Lipinski definition) is 0. The molecule has 0 N–H and O–H groups in total. The maximum Gasteiger partial charge on any atom is -0.00206 e. The van der Waals surface area contributed by atoms with E-state index in [1.54, 1.807) is 5.56 Å². The minimum absolute atomic E-state index is 0.679. The third kappa shape index (κ3) is 2.75. The molecule has 0 amide bonds. The van der Waals surface area contributed by atoms with Gasteiger partial charge in [0.05, 0.1) is 0 Å². The molecule has 0 heteroatoms. The summed E-state index contributed by atoms with van der Waals surface area (Å²) in [7, 11) is 0. The minimum atomic E-state index is 0.679. The van der Waals surface area contributed by atoms with E-state index in [2.05, 4.69) is 115 Å². The van der Waals surface area contributed by atoms with Gasteiger partial charge in [0.15, 0.2) is 0 Å². The molecule has 0 nitrogen and oxygen atoms in total. The zero-order valence-electron chi connectivity index (χ0n) is 21.2. The smallest absolute Gasteiger partial charge is 0.00206 e. The Morgan fingerprint density at radius 1 is 0.474 bits per heavy atom. The van der Waals surface area contributed by atoms with Crippen LogP contribution in [0.15, 0.2) is 103 Å². The van der Waals surface area contributed by atoms with Crippen LogP contribution in [0.2, 0.25) is 0 Å². The molecule has 2 aliphatic carbocycles. The first-order valence-corrected chi connectivity index (χ1v) is 13.9. The Hall–Kier alpha value is -4.42. The lowest BCUT2D eigenvalue weighted by Crippen LogP contribution is -2.24. The van der Waals surface area contributed by atoms with Gasteiger partial charge in [-0.3, -0.25) is 0 Å². The lowest BCUT2D eigenvalue weighted by atomic mass is 9.78. The molecule has 0 bridgehead atoms. The van der Waals surface area contributed by atoms with Crippen LogP contribution in [-0.4, -0.2) is 0 Å². The van der Waals surface area contributed by atoms with Crippen LogP contribution in [-0.2, 0) is 0 Å². The third-order valence-electron chi connectivity index (χ3n) is 9.23. The molecule has 7 aromatic rings. The van der Waals surface area contributed by atoms with Crippen LogP contribution in [0, 0.1) is 0 Å². The maximum atomic E-state index is 2.47. The fourth-order valence-corrected chi connectivity index (χ4v) is 7.46. The van der Waals surface area contributed by atoms with Gasteiger partial charge in [-0.05, 0) is 107 Å². The van der Waals surface area contributed by atoms with E-state index in [4.69, 9.17) is 0 Å². The highest BCUT2D eigenvalue weighted by atomic mass is 14.3. The van der Waals surface area contributed by atoms with Crippen LogP contribution in [0.1, 0.15) is 30.7 Å². The standard InChI is InChI=1S/C38H26/c1-3-25-11-13-29-15-19-31(33-21-17-27(5-1)35(25)37(29)33)23-7-9-24(10-8-23)32-20-16-30-14-12-26-4-2-6-28-18-22-34(32)38(30)36(26)28/h1,3,5-11,13-22,26H,2,4,12H2. The van der Waals surface area contributed by atoms with E-state index in [0.29, 0.717) is 5.92 Å². The summed E-state index contributed by atoms with van der Waals surface area (Å²) in [4.78, 5) is 0. The highest BCUT2D eigenvalue weighted by Gasteiger charge is 2.22. The van der Waals surface area contributed by atoms with Crippen molar-refractivity contribution in [1.29, 1.82) is 0 Å². The molecule has 0 saturated carbocycles. The summed E-state index contributed by atoms with van der Waals surface area (Å²) in [5, 5.41) is 13.8. The molecule has 2 aliphatic rings. The molecule has 1 atom stereocenters. The van der Waals surface area contributed by atoms with Crippen molar-refractivity contribution in [1.82, 2.24) is 0 Å². The van der Waals surface area contributed by atoms with Crippen molar-refractivity contribution in [3.05, 3.63) is 119 Å². The van der Waals surface area contributed by atoms with Crippen molar-refractivity contribution < 1.29 is 0 Å². The Balaban J connectivity index is 1.22. The molecule has 9 rings (SSSR count). The van der Waals surface area contributed by atoms with Crippen LogP contribution >= 0.6 is 0 Å². The first-order valence-electron chi connectivity index (χ1n) is 13.9. The Bertz CT molecular complexity index is 2180. The predicted octanol–water partition coefficient (Wildman–Crippen LogP) is 8.91. The van der Waals surface area contributed by atoms with Crippen molar-refractivity contribution in [2.45, 2.75) is 25.2 Å². The summed E-state index contributed by atoms with van der Waals surface area (Å²) >= 11 is 0. The van der Waals surface area contributed by atoms with E-state index < -0.39 is 0 Å². The second-order valence-corrected chi connectivity index (χ2v) is 11.2. The van der Waals surface area contributed by atoms with Crippen LogP contribution in [0.4, 0.5) is 0 Å². The van der Waals surface area contributed by atoms with Crippen LogP contribution in [0.25, 0.3) is 77.5 Å². The normalized spacial score (nSPS) is 16.3. The van der Waals surface area contributed by atoms with E-state index in [-0.39, 0.29) is 0 Å². The largest absolute Gasteiger partial charge is 0.0769 e. The van der Waals surface area contributed by atoms with E-state index in [0.717, 1.165) is 0 Å². The van der Waals surface area contributed by atoms with Gasteiger partial charge in [0.1, 0.15) is 0 Å². The molecule has 7 aromatic carbocycles. The van der Waals surface area contributed by atoms with Gasteiger partial charge < -0.3 is 0 Å². The monoisotopic (exact) mass is 482 g/mol. The Morgan fingerprint density at radius 3 is 1.87 bits per heavy atom. The van der Waals surface area contributed by atoms with E-state index in [1.165, 1.54) is 95.0 Å². The van der Waals surface area contributed by atoms with E-state index in [9.17, 15) is 0 Å². The van der Waals surface area contributed by atoms with Crippen molar-refractivity contribution in [2.24, 2.45) is 0 Å². The second kappa shape index (κ2) is 7.55. The predicted molar refractivity (Wildman–Crippen MR) is 163 cm³/mol. The Labute approximate surface area is 221 Å². The molecule has 1 unspecified atom stereocenters. The van der Waals surface area contributed by atoms with E-state index in [1.807, 2.05) is 0 Å². The molecule has 0 saturated heterocycles. The van der Waals surface area contributed by atoms with Gasteiger partial charge in [-0.1, -0.05) is 115 Å². The summed E-state index contributed by atoms with van der Waals surface area (Å²) in [6, 6.07) is 39.0. The van der Waals surface area contributed by atoms with Crippen LogP contribution in [0.3, 0.4) is 0 Å². The van der Waals surface area contributed by atoms with Gasteiger partial charge in [0, 0.05) is 0 Å². The molecule has 0 aromatic heterocycles. The third-order valence-corrected chi connectivity index (χ3v) is 9.23. The second-order valence-electron chi connectivity index (χ2n) is 11.2. The zero-order chi connectivity index (χ0) is 24.8. The van der Waals surface area contributed by atoms with Gasteiger partial charge >= 0.3 is 0 Å². The Morgan fingerprint density at radius 2 is 1.08 bits per heavy atom. The minimum Gasteiger partial charge on any atom is -0.0769 e. The summed E-state index contributed by atoms with van der Waals surface area (Å²) in [6.07, 6.45) is 8.57. The lowest BCUT2D eigenvalue weighted by Gasteiger charge is -2.26. The maximum absolute atomic E-state index is 2.47. The van der Waals surface area contributed by atoms with E-state index >= 15 is 0 Å². The highest BCUT2D eigenvalue weighted by Crippen LogP contribution is 2.40. The Kier molecular flexibility index (Phi) is 4.10. The molecule has 0 heterocycles. The fraction of sp³-hybridized carbons (Fsp3) is 0.105. The molecule has 38 heavy (non-hydrogen) atoms. The fourth-order valence-electron chi connectivity index (χ4n) is 7.46. The summed E-state index contributed by atoms with van der Waals surface area (Å²) < 4.78 is 0. The first kappa shape index (κ1) is 20.6. The summed E-state index contributed by atoms with van der Waals surface area (Å²) in [6.45, 7) is 0. The van der Waals surface area contributed by atoms with Crippen molar-refractivity contribution in [2.75, 3.05) is 0 Å². The molecular formula is C38H26. The average molecular weight is 483 g/mol. The van der Waals surface area contributed by atoms with Gasteiger partial charge in [-0.25, -0.2) is 0 Å². The SMILES string of the molecule is C1=c2ccc3c(-c4ccc(-c5ccc6ccc7cccc8ccc5c6c78)cc4)ccc4c3c2C(CC=4)CC1. The van der Waals surface area contributed by atoms with Crippen molar-refractivity contribution in [3.8, 4) is 22.3 Å². The van der Waals surface area contributed by atoms with Gasteiger partial charge in [-0.15, -0.1) is 0 Å². The van der Waals surface area contributed by atoms with Crippen LogP contribution < -0.4 is 10.4 Å². The molecular weight excluding hydrogens is 456 g/mol. The summed E-state index contributed by atoms with van der Waals surface area (Å²) in [5.41, 5.74) is 6.81. The lowest BCUT2D eigenvalue weighted by molar-refractivity contribution is 0.646. The topological polar surface area (TPSA) is 0 Å². The van der Waals surface area contributed by atoms with Gasteiger partial charge in [0.2, 0.25) is 0 Å². The molecule has 178 valence electrons. The average Bonchev–Trinajstić information content (AvgIpc) is 2.99.